The minimum absolute atomic E-state index is 0. The molecule has 6 nitrogen and oxygen atoms in total. The lowest BCUT2D eigenvalue weighted by Gasteiger charge is -2.31. The van der Waals surface area contributed by atoms with Crippen molar-refractivity contribution in [3.63, 3.8) is 0 Å². The maximum atomic E-state index is 12.4. The Morgan fingerprint density at radius 3 is 2.65 bits per heavy atom. The fourth-order valence-corrected chi connectivity index (χ4v) is 3.26. The van der Waals surface area contributed by atoms with Gasteiger partial charge >= 0.3 is 0 Å². The summed E-state index contributed by atoms with van der Waals surface area (Å²) < 4.78 is 0. The highest BCUT2D eigenvalue weighted by atomic mass is 35.5. The van der Waals surface area contributed by atoms with E-state index >= 15 is 0 Å². The smallest absolute Gasteiger partial charge is 0.253 e. The Morgan fingerprint density at radius 2 is 2.00 bits per heavy atom. The number of halogens is 1. The van der Waals surface area contributed by atoms with Crippen LogP contribution in [0.25, 0.3) is 0 Å². The average molecular weight is 383 g/mol. The van der Waals surface area contributed by atoms with Gasteiger partial charge in [0.25, 0.3) is 5.91 Å². The summed E-state index contributed by atoms with van der Waals surface area (Å²) >= 11 is 0. The van der Waals surface area contributed by atoms with E-state index in [-0.39, 0.29) is 24.2 Å². The molecule has 0 saturated carbocycles. The first kappa shape index (κ1) is 22.4. The zero-order valence-electron chi connectivity index (χ0n) is 16.0. The molecule has 2 amide bonds. The van der Waals surface area contributed by atoms with Crippen molar-refractivity contribution in [1.29, 1.82) is 0 Å². The van der Waals surface area contributed by atoms with Gasteiger partial charge in [-0.3, -0.25) is 14.5 Å². The zero-order valence-corrected chi connectivity index (χ0v) is 16.8. The summed E-state index contributed by atoms with van der Waals surface area (Å²) in [7, 11) is 1.96. The number of likely N-dealkylation sites (N-methyl/N-ethyl adjacent to an activating group) is 1. The first-order valence-corrected chi connectivity index (χ1v) is 9.16. The van der Waals surface area contributed by atoms with E-state index in [1.807, 2.05) is 33.0 Å². The van der Waals surface area contributed by atoms with Crippen molar-refractivity contribution < 1.29 is 9.59 Å². The number of benzene rings is 1. The molecule has 146 valence electrons. The molecule has 0 spiro atoms. The van der Waals surface area contributed by atoms with Crippen LogP contribution >= 0.6 is 12.4 Å². The molecule has 0 aliphatic carbocycles. The largest absolute Gasteiger partial charge is 0.339 e. The van der Waals surface area contributed by atoms with Crippen molar-refractivity contribution in [1.82, 2.24) is 15.1 Å². The van der Waals surface area contributed by atoms with Crippen molar-refractivity contribution >= 4 is 29.9 Å². The molecule has 7 heteroatoms. The third-order valence-electron chi connectivity index (χ3n) is 4.72. The molecule has 1 aliphatic heterocycles. The highest BCUT2D eigenvalue weighted by Crippen LogP contribution is 2.14. The van der Waals surface area contributed by atoms with E-state index in [0.29, 0.717) is 36.9 Å². The van der Waals surface area contributed by atoms with E-state index in [9.17, 15) is 9.59 Å². The van der Waals surface area contributed by atoms with Gasteiger partial charge in [0.15, 0.2) is 0 Å². The summed E-state index contributed by atoms with van der Waals surface area (Å²) in [5.74, 6) is -0.0433. The molecule has 1 atom stereocenters. The lowest BCUT2D eigenvalue weighted by molar-refractivity contribution is -0.117. The van der Waals surface area contributed by atoms with Crippen LogP contribution in [-0.2, 0) is 4.79 Å². The number of piperidine rings is 1. The SMILES string of the molecule is CCN(CC)C(=O)c1cccc(NC(=O)CN2CCCC(NC)C2)c1.Cl. The van der Waals surface area contributed by atoms with Crippen LogP contribution in [0.4, 0.5) is 5.69 Å². The van der Waals surface area contributed by atoms with Gasteiger partial charge in [0.2, 0.25) is 5.91 Å². The number of nitrogens with one attached hydrogen (secondary N) is 2. The molecule has 1 saturated heterocycles. The second-order valence-corrected chi connectivity index (χ2v) is 6.47. The molecular formula is C19H31ClN4O2. The quantitative estimate of drug-likeness (QED) is 0.758. The third-order valence-corrected chi connectivity index (χ3v) is 4.72. The minimum Gasteiger partial charge on any atom is -0.339 e. The van der Waals surface area contributed by atoms with Crippen molar-refractivity contribution in [2.75, 3.05) is 45.1 Å². The molecule has 1 aromatic carbocycles. The number of anilines is 1. The maximum Gasteiger partial charge on any atom is 0.253 e. The molecule has 26 heavy (non-hydrogen) atoms. The van der Waals surface area contributed by atoms with Gasteiger partial charge in [0, 0.05) is 36.9 Å². The lowest BCUT2D eigenvalue weighted by atomic mass is 10.1. The van der Waals surface area contributed by atoms with Crippen LogP contribution < -0.4 is 10.6 Å². The molecule has 1 fully saturated rings. The third kappa shape index (κ3) is 6.27. The van der Waals surface area contributed by atoms with Gasteiger partial charge in [-0.2, -0.15) is 0 Å². The van der Waals surface area contributed by atoms with Crippen LogP contribution in [-0.4, -0.2) is 67.4 Å². The number of carbonyl (C=O) groups is 2. The lowest BCUT2D eigenvalue weighted by Crippen LogP contribution is -2.46. The standard InChI is InChI=1S/C19H30N4O2.ClH/c1-4-23(5-2)19(25)15-8-6-9-16(12-15)21-18(24)14-22-11-7-10-17(13-22)20-3;/h6,8-9,12,17,20H,4-5,7,10-11,13-14H2,1-3H3,(H,21,24);1H. The number of carbonyl (C=O) groups excluding carboxylic acids is 2. The van der Waals surface area contributed by atoms with Crippen molar-refractivity contribution in [3.8, 4) is 0 Å². The van der Waals surface area contributed by atoms with Crippen LogP contribution in [0.2, 0.25) is 0 Å². The monoisotopic (exact) mass is 382 g/mol. The van der Waals surface area contributed by atoms with Gasteiger partial charge < -0.3 is 15.5 Å². The van der Waals surface area contributed by atoms with E-state index in [2.05, 4.69) is 15.5 Å². The Labute approximate surface area is 162 Å². The minimum atomic E-state index is -0.0378. The Kier molecular flexibility index (Phi) is 9.62. The number of hydrogen-bond acceptors (Lipinski definition) is 4. The van der Waals surface area contributed by atoms with Gasteiger partial charge in [-0.25, -0.2) is 0 Å². The van der Waals surface area contributed by atoms with Crippen LogP contribution in [0, 0.1) is 0 Å². The highest BCUT2D eigenvalue weighted by Gasteiger charge is 2.20. The van der Waals surface area contributed by atoms with Gasteiger partial charge in [0.1, 0.15) is 0 Å². The van der Waals surface area contributed by atoms with Crippen LogP contribution in [0.15, 0.2) is 24.3 Å². The van der Waals surface area contributed by atoms with E-state index in [4.69, 9.17) is 0 Å². The zero-order chi connectivity index (χ0) is 18.2. The predicted octanol–water partition coefficient (Wildman–Crippen LogP) is 2.21. The normalized spacial score (nSPS) is 17.3. The first-order chi connectivity index (χ1) is 12.1. The number of nitrogens with zero attached hydrogens (tertiary/aromatic N) is 2. The van der Waals surface area contributed by atoms with E-state index in [0.717, 1.165) is 25.9 Å². The number of rotatable bonds is 7. The molecule has 1 unspecified atom stereocenters. The number of likely N-dealkylation sites (tertiary alicyclic amines) is 1. The second-order valence-electron chi connectivity index (χ2n) is 6.47. The Morgan fingerprint density at radius 1 is 1.27 bits per heavy atom. The van der Waals surface area contributed by atoms with Gasteiger partial charge in [-0.05, 0) is 58.5 Å². The fraction of sp³-hybridized carbons (Fsp3) is 0.579. The summed E-state index contributed by atoms with van der Waals surface area (Å²) in [6, 6.07) is 7.63. The number of hydrogen-bond donors (Lipinski definition) is 2. The fourth-order valence-electron chi connectivity index (χ4n) is 3.26. The van der Waals surface area contributed by atoms with Crippen LogP contribution in [0.1, 0.15) is 37.0 Å². The summed E-state index contributed by atoms with van der Waals surface area (Å²) in [5, 5.41) is 6.20. The average Bonchev–Trinajstić information content (AvgIpc) is 2.63. The Bertz CT molecular complexity index is 593. The topological polar surface area (TPSA) is 64.7 Å². The Hall–Kier alpha value is -1.63. The molecule has 2 N–H and O–H groups in total. The molecule has 1 aliphatic rings. The van der Waals surface area contributed by atoms with E-state index < -0.39 is 0 Å². The van der Waals surface area contributed by atoms with Crippen molar-refractivity contribution in [2.24, 2.45) is 0 Å². The molecule has 0 radical (unpaired) electrons. The Balaban J connectivity index is 0.00000338. The molecule has 0 bridgehead atoms. The van der Waals surface area contributed by atoms with E-state index in [1.54, 1.807) is 17.0 Å². The molecule has 0 aromatic heterocycles. The van der Waals surface area contributed by atoms with Gasteiger partial charge in [0.05, 0.1) is 6.54 Å². The molecule has 2 rings (SSSR count). The summed E-state index contributed by atoms with van der Waals surface area (Å²) in [6.45, 7) is 7.50. The van der Waals surface area contributed by atoms with Crippen molar-refractivity contribution in [3.05, 3.63) is 29.8 Å². The molecule has 1 aromatic rings. The van der Waals surface area contributed by atoms with Crippen LogP contribution in [0.5, 0.6) is 0 Å². The summed E-state index contributed by atoms with van der Waals surface area (Å²) in [4.78, 5) is 28.7. The van der Waals surface area contributed by atoms with E-state index in [1.165, 1.54) is 0 Å². The molecule has 1 heterocycles. The van der Waals surface area contributed by atoms with Gasteiger partial charge in [-0.1, -0.05) is 6.07 Å². The first-order valence-electron chi connectivity index (χ1n) is 9.16. The predicted molar refractivity (Wildman–Crippen MR) is 108 cm³/mol. The summed E-state index contributed by atoms with van der Waals surface area (Å²) in [5.41, 5.74) is 1.28. The van der Waals surface area contributed by atoms with Crippen molar-refractivity contribution in [2.45, 2.75) is 32.7 Å². The van der Waals surface area contributed by atoms with Crippen LogP contribution in [0.3, 0.4) is 0 Å². The van der Waals surface area contributed by atoms with Gasteiger partial charge in [-0.15, -0.1) is 12.4 Å². The summed E-state index contributed by atoms with van der Waals surface area (Å²) in [6.07, 6.45) is 2.26. The second kappa shape index (κ2) is 11.2. The highest BCUT2D eigenvalue weighted by molar-refractivity contribution is 5.97. The molecular weight excluding hydrogens is 352 g/mol. The number of amides is 2. The maximum absolute atomic E-state index is 12.4.